The van der Waals surface area contributed by atoms with Gasteiger partial charge in [0.1, 0.15) is 0 Å². The summed E-state index contributed by atoms with van der Waals surface area (Å²) in [5.41, 5.74) is 1.23. The number of halogens is 1. The lowest BCUT2D eigenvalue weighted by Crippen LogP contribution is -2.20. The van der Waals surface area contributed by atoms with Gasteiger partial charge in [0.05, 0.1) is 12.6 Å². The first kappa shape index (κ1) is 12.6. The van der Waals surface area contributed by atoms with Gasteiger partial charge in [0.15, 0.2) is 5.82 Å². The molecule has 19 heavy (non-hydrogen) atoms. The Labute approximate surface area is 117 Å². The maximum atomic E-state index is 5.88. The van der Waals surface area contributed by atoms with E-state index in [-0.39, 0.29) is 0 Å². The van der Waals surface area contributed by atoms with Gasteiger partial charge < -0.3 is 0 Å². The first-order valence-electron chi connectivity index (χ1n) is 6.42. The lowest BCUT2D eigenvalue weighted by Gasteiger charge is -2.16. The Kier molecular flexibility index (Phi) is 3.48. The lowest BCUT2D eigenvalue weighted by atomic mass is 10.2. The van der Waals surface area contributed by atoms with E-state index in [2.05, 4.69) is 27.5 Å². The molecule has 0 N–H and O–H groups in total. The minimum absolute atomic E-state index is 0.522. The van der Waals surface area contributed by atoms with E-state index in [9.17, 15) is 0 Å². The van der Waals surface area contributed by atoms with Gasteiger partial charge in [0.2, 0.25) is 0 Å². The highest BCUT2D eigenvalue weighted by Crippen LogP contribution is 2.34. The second-order valence-electron chi connectivity index (χ2n) is 5.07. The summed E-state index contributed by atoms with van der Waals surface area (Å²) >= 11 is 5.88. The monoisotopic (exact) mass is 277 g/mol. The van der Waals surface area contributed by atoms with Crippen molar-refractivity contribution in [1.82, 2.24) is 25.1 Å². The summed E-state index contributed by atoms with van der Waals surface area (Å²) in [5, 5.41) is 12.7. The summed E-state index contributed by atoms with van der Waals surface area (Å²) in [7, 11) is 2.07. The average Bonchev–Trinajstić information content (AvgIpc) is 3.13. The van der Waals surface area contributed by atoms with Crippen LogP contribution in [0.25, 0.3) is 0 Å². The van der Waals surface area contributed by atoms with Crippen molar-refractivity contribution in [2.24, 2.45) is 0 Å². The molecule has 5 nitrogen and oxygen atoms in total. The van der Waals surface area contributed by atoms with Crippen LogP contribution in [0.1, 0.15) is 30.3 Å². The molecule has 1 aliphatic carbocycles. The molecule has 2 aromatic rings. The molecule has 0 saturated heterocycles. The molecule has 1 heterocycles. The normalized spacial score (nSPS) is 15.1. The van der Waals surface area contributed by atoms with Crippen molar-refractivity contribution < 1.29 is 0 Å². The number of hydrogen-bond acceptors (Lipinski definition) is 4. The van der Waals surface area contributed by atoms with Crippen LogP contribution in [0.2, 0.25) is 5.02 Å². The molecule has 6 heteroatoms. The number of hydrogen-bond donors (Lipinski definition) is 0. The zero-order chi connectivity index (χ0) is 13.2. The number of tetrazole rings is 1. The smallest absolute Gasteiger partial charge is 0.165 e. The third-order valence-electron chi connectivity index (χ3n) is 3.23. The van der Waals surface area contributed by atoms with E-state index in [1.165, 1.54) is 18.4 Å². The second-order valence-corrected chi connectivity index (χ2v) is 5.51. The van der Waals surface area contributed by atoms with Crippen LogP contribution >= 0.6 is 11.6 Å². The van der Waals surface area contributed by atoms with Crippen molar-refractivity contribution in [3.63, 3.8) is 0 Å². The topological polar surface area (TPSA) is 46.8 Å². The average molecular weight is 278 g/mol. The van der Waals surface area contributed by atoms with E-state index < -0.39 is 0 Å². The molecule has 0 bridgehead atoms. The van der Waals surface area contributed by atoms with E-state index in [0.717, 1.165) is 23.9 Å². The van der Waals surface area contributed by atoms with Crippen molar-refractivity contribution in [1.29, 1.82) is 0 Å². The largest absolute Gasteiger partial charge is 0.295 e. The van der Waals surface area contributed by atoms with E-state index in [1.54, 1.807) is 0 Å². The van der Waals surface area contributed by atoms with Gasteiger partial charge in [-0.1, -0.05) is 23.7 Å². The zero-order valence-electron chi connectivity index (χ0n) is 10.8. The van der Waals surface area contributed by atoms with Crippen LogP contribution in [0, 0.1) is 0 Å². The van der Waals surface area contributed by atoms with Gasteiger partial charge in [-0.05, 0) is 48.0 Å². The van der Waals surface area contributed by atoms with Crippen molar-refractivity contribution in [2.45, 2.75) is 32.0 Å². The number of nitrogens with zero attached hydrogens (tertiary/aromatic N) is 5. The van der Waals surface area contributed by atoms with E-state index in [4.69, 9.17) is 11.6 Å². The fraction of sp³-hybridized carbons (Fsp3) is 0.462. The molecule has 100 valence electrons. The van der Waals surface area contributed by atoms with Crippen LogP contribution in [0.5, 0.6) is 0 Å². The molecule has 1 aliphatic rings. The minimum Gasteiger partial charge on any atom is -0.295 e. The van der Waals surface area contributed by atoms with Crippen molar-refractivity contribution >= 4 is 11.6 Å². The Balaban J connectivity index is 1.62. The molecule has 0 spiro atoms. The molecule has 1 saturated carbocycles. The maximum Gasteiger partial charge on any atom is 0.165 e. The third-order valence-corrected chi connectivity index (χ3v) is 3.48. The van der Waals surface area contributed by atoms with Gasteiger partial charge in [0.25, 0.3) is 0 Å². The van der Waals surface area contributed by atoms with Crippen LogP contribution < -0.4 is 0 Å². The van der Waals surface area contributed by atoms with Crippen molar-refractivity contribution in [2.75, 3.05) is 7.05 Å². The molecule has 0 radical (unpaired) electrons. The van der Waals surface area contributed by atoms with Gasteiger partial charge in [-0.3, -0.25) is 4.90 Å². The summed E-state index contributed by atoms with van der Waals surface area (Å²) < 4.78 is 1.96. The van der Waals surface area contributed by atoms with Crippen molar-refractivity contribution in [3.8, 4) is 0 Å². The van der Waals surface area contributed by atoms with Gasteiger partial charge in [-0.2, -0.15) is 0 Å². The first-order valence-corrected chi connectivity index (χ1v) is 6.80. The predicted octanol–water partition coefficient (Wildman–Crippen LogP) is 2.29. The number of benzene rings is 1. The molecule has 1 aromatic carbocycles. The first-order chi connectivity index (χ1) is 9.22. The van der Waals surface area contributed by atoms with Gasteiger partial charge >= 0.3 is 0 Å². The van der Waals surface area contributed by atoms with Crippen LogP contribution in [0.15, 0.2) is 24.3 Å². The Morgan fingerprint density at radius 1 is 1.26 bits per heavy atom. The van der Waals surface area contributed by atoms with E-state index in [1.807, 2.05) is 28.9 Å². The van der Waals surface area contributed by atoms with Crippen molar-refractivity contribution in [3.05, 3.63) is 40.7 Å². The Morgan fingerprint density at radius 2 is 2.00 bits per heavy atom. The highest BCUT2D eigenvalue weighted by molar-refractivity contribution is 6.30. The van der Waals surface area contributed by atoms with Crippen LogP contribution in [0.4, 0.5) is 0 Å². The third kappa shape index (κ3) is 3.11. The highest BCUT2D eigenvalue weighted by atomic mass is 35.5. The molecule has 1 aromatic heterocycles. The van der Waals surface area contributed by atoms with Gasteiger partial charge in [0, 0.05) is 11.6 Å². The highest BCUT2D eigenvalue weighted by Gasteiger charge is 2.27. The summed E-state index contributed by atoms with van der Waals surface area (Å²) in [6, 6.07) is 8.44. The molecule has 0 amide bonds. The summed E-state index contributed by atoms with van der Waals surface area (Å²) in [5.74, 6) is 0.943. The minimum atomic E-state index is 0.522. The SMILES string of the molecule is CN(Cc1ccc(Cl)cc1)Cc1nnnn1C1CC1. The molecule has 1 fully saturated rings. The number of rotatable bonds is 5. The van der Waals surface area contributed by atoms with E-state index >= 15 is 0 Å². The fourth-order valence-corrected chi connectivity index (χ4v) is 2.24. The molecule has 3 rings (SSSR count). The molecular formula is C13H16ClN5. The maximum absolute atomic E-state index is 5.88. The van der Waals surface area contributed by atoms with Crippen LogP contribution in [0.3, 0.4) is 0 Å². The summed E-state index contributed by atoms with van der Waals surface area (Å²) in [6.45, 7) is 1.61. The second kappa shape index (κ2) is 5.27. The molecule has 0 unspecified atom stereocenters. The molecular weight excluding hydrogens is 262 g/mol. The summed E-state index contributed by atoms with van der Waals surface area (Å²) in [6.07, 6.45) is 2.39. The molecule has 0 aliphatic heterocycles. The zero-order valence-corrected chi connectivity index (χ0v) is 11.6. The van der Waals surface area contributed by atoms with Crippen LogP contribution in [-0.4, -0.2) is 32.2 Å². The Morgan fingerprint density at radius 3 is 2.68 bits per heavy atom. The molecule has 0 atom stereocenters. The van der Waals surface area contributed by atoms with Gasteiger partial charge in [-0.25, -0.2) is 4.68 Å². The summed E-state index contributed by atoms with van der Waals surface area (Å²) in [4.78, 5) is 2.20. The fourth-order valence-electron chi connectivity index (χ4n) is 2.12. The Bertz CT molecular complexity index is 546. The predicted molar refractivity (Wildman–Crippen MR) is 72.7 cm³/mol. The lowest BCUT2D eigenvalue weighted by molar-refractivity contribution is 0.302. The quantitative estimate of drug-likeness (QED) is 0.841. The van der Waals surface area contributed by atoms with Gasteiger partial charge in [-0.15, -0.1) is 5.10 Å². The van der Waals surface area contributed by atoms with Crippen LogP contribution in [-0.2, 0) is 13.1 Å². The number of aromatic nitrogens is 4. The standard InChI is InChI=1S/C13H16ClN5/c1-18(8-10-2-4-11(14)5-3-10)9-13-15-16-17-19(13)12-6-7-12/h2-5,12H,6-9H2,1H3. The van der Waals surface area contributed by atoms with E-state index in [0.29, 0.717) is 6.04 Å². The Hall–Kier alpha value is -1.46.